The van der Waals surface area contributed by atoms with Gasteiger partial charge < -0.3 is 19.9 Å². The molecular formula is C16H25N3O2. The van der Waals surface area contributed by atoms with E-state index >= 15 is 0 Å². The van der Waals surface area contributed by atoms with Crippen LogP contribution in [0.25, 0.3) is 0 Å². The number of amides is 1. The van der Waals surface area contributed by atoms with Crippen LogP contribution in [-0.2, 0) is 4.79 Å². The molecule has 1 aromatic rings. The van der Waals surface area contributed by atoms with Crippen LogP contribution in [0.5, 0.6) is 5.75 Å². The summed E-state index contributed by atoms with van der Waals surface area (Å²) < 4.78 is 5.36. The summed E-state index contributed by atoms with van der Waals surface area (Å²) in [5.41, 5.74) is 1.74. The molecule has 0 aliphatic carbocycles. The fourth-order valence-electron chi connectivity index (χ4n) is 2.73. The van der Waals surface area contributed by atoms with Gasteiger partial charge in [0.2, 0.25) is 5.91 Å². The lowest BCUT2D eigenvalue weighted by Crippen LogP contribution is -2.31. The first-order valence-electron chi connectivity index (χ1n) is 7.50. The van der Waals surface area contributed by atoms with Gasteiger partial charge in [-0.15, -0.1) is 0 Å². The predicted octanol–water partition coefficient (Wildman–Crippen LogP) is 2.19. The molecule has 1 N–H and O–H groups in total. The van der Waals surface area contributed by atoms with Crippen molar-refractivity contribution in [2.45, 2.75) is 19.8 Å². The first kappa shape index (κ1) is 15.6. The molecule has 0 saturated carbocycles. The lowest BCUT2D eigenvalue weighted by Gasteiger charge is -2.26. The third kappa shape index (κ3) is 4.11. The van der Waals surface area contributed by atoms with Crippen LogP contribution < -0.4 is 15.0 Å². The standard InChI is InChI=1S/C16H25N3O2/c1-13(20)17-16-14(7-6-8-15(16)21-3)18(2)11-12-19-9-4-5-10-19/h6-8H,4-5,9-12H2,1-3H3,(H,17,20). The molecule has 2 rings (SSSR count). The SMILES string of the molecule is COc1cccc(N(C)CCN2CCCC2)c1NC(C)=O. The molecule has 1 aliphatic rings. The number of benzene rings is 1. The van der Waals surface area contributed by atoms with Gasteiger partial charge in [-0.25, -0.2) is 0 Å². The molecule has 0 unspecified atom stereocenters. The zero-order chi connectivity index (χ0) is 15.2. The maximum atomic E-state index is 11.4. The van der Waals surface area contributed by atoms with Crippen molar-refractivity contribution in [3.8, 4) is 5.75 Å². The third-order valence-electron chi connectivity index (χ3n) is 3.89. The third-order valence-corrected chi connectivity index (χ3v) is 3.89. The average molecular weight is 291 g/mol. The number of nitrogens with zero attached hydrogens (tertiary/aromatic N) is 2. The van der Waals surface area contributed by atoms with Gasteiger partial charge in [-0.2, -0.15) is 0 Å². The Labute approximate surface area is 126 Å². The van der Waals surface area contributed by atoms with Crippen molar-refractivity contribution in [1.82, 2.24) is 4.90 Å². The lowest BCUT2D eigenvalue weighted by atomic mass is 10.2. The summed E-state index contributed by atoms with van der Waals surface area (Å²) in [6.07, 6.45) is 2.61. The van der Waals surface area contributed by atoms with E-state index in [1.54, 1.807) is 7.11 Å². The van der Waals surface area contributed by atoms with Crippen LogP contribution in [0.15, 0.2) is 18.2 Å². The van der Waals surface area contributed by atoms with Crippen molar-refractivity contribution in [3.05, 3.63) is 18.2 Å². The van der Waals surface area contributed by atoms with Crippen LogP contribution in [0.3, 0.4) is 0 Å². The van der Waals surface area contributed by atoms with Gasteiger partial charge in [-0.3, -0.25) is 4.79 Å². The number of likely N-dealkylation sites (tertiary alicyclic amines) is 1. The topological polar surface area (TPSA) is 44.8 Å². The molecule has 0 bridgehead atoms. The molecule has 0 radical (unpaired) electrons. The summed E-state index contributed by atoms with van der Waals surface area (Å²) in [6.45, 7) is 5.89. The van der Waals surface area contributed by atoms with Gasteiger partial charge in [0.1, 0.15) is 11.4 Å². The molecular weight excluding hydrogens is 266 g/mol. The molecule has 1 amide bonds. The van der Waals surface area contributed by atoms with E-state index in [1.165, 1.54) is 32.9 Å². The lowest BCUT2D eigenvalue weighted by molar-refractivity contribution is -0.114. The van der Waals surface area contributed by atoms with Crippen molar-refractivity contribution in [1.29, 1.82) is 0 Å². The van der Waals surface area contributed by atoms with E-state index in [0.29, 0.717) is 5.75 Å². The van der Waals surface area contributed by atoms with Gasteiger partial charge in [0.05, 0.1) is 12.8 Å². The zero-order valence-corrected chi connectivity index (χ0v) is 13.2. The number of methoxy groups -OCH3 is 1. The quantitative estimate of drug-likeness (QED) is 0.872. The molecule has 1 aliphatic heterocycles. The molecule has 1 aromatic carbocycles. The van der Waals surface area contributed by atoms with Crippen molar-refractivity contribution < 1.29 is 9.53 Å². The maximum Gasteiger partial charge on any atom is 0.221 e. The van der Waals surface area contributed by atoms with E-state index in [1.807, 2.05) is 18.2 Å². The summed E-state index contributed by atoms with van der Waals surface area (Å²) in [7, 11) is 3.67. The van der Waals surface area contributed by atoms with Crippen LogP contribution in [0.1, 0.15) is 19.8 Å². The molecule has 5 heteroatoms. The van der Waals surface area contributed by atoms with E-state index in [9.17, 15) is 4.79 Å². The fourth-order valence-corrected chi connectivity index (χ4v) is 2.73. The number of likely N-dealkylation sites (N-methyl/N-ethyl adjacent to an activating group) is 1. The number of hydrogen-bond acceptors (Lipinski definition) is 4. The smallest absolute Gasteiger partial charge is 0.221 e. The molecule has 116 valence electrons. The number of rotatable bonds is 6. The van der Waals surface area contributed by atoms with Crippen molar-refractivity contribution in [2.75, 3.05) is 50.6 Å². The molecule has 0 atom stereocenters. The summed E-state index contributed by atoms with van der Waals surface area (Å²) in [5, 5.41) is 2.88. The van der Waals surface area contributed by atoms with Crippen LogP contribution >= 0.6 is 0 Å². The molecule has 0 aromatic heterocycles. The maximum absolute atomic E-state index is 11.4. The van der Waals surface area contributed by atoms with Crippen LogP contribution in [0, 0.1) is 0 Å². The van der Waals surface area contributed by atoms with Gasteiger partial charge in [-0.05, 0) is 38.1 Å². The van der Waals surface area contributed by atoms with Gasteiger partial charge >= 0.3 is 0 Å². The number of carbonyl (C=O) groups excluding carboxylic acids is 1. The summed E-state index contributed by atoms with van der Waals surface area (Å²) in [5.74, 6) is 0.601. The minimum Gasteiger partial charge on any atom is -0.494 e. The second-order valence-electron chi connectivity index (χ2n) is 5.51. The van der Waals surface area contributed by atoms with E-state index < -0.39 is 0 Å². The molecule has 5 nitrogen and oxygen atoms in total. The Morgan fingerprint density at radius 3 is 2.71 bits per heavy atom. The number of hydrogen-bond donors (Lipinski definition) is 1. The van der Waals surface area contributed by atoms with Gasteiger partial charge in [0, 0.05) is 27.1 Å². The first-order valence-corrected chi connectivity index (χ1v) is 7.50. The van der Waals surface area contributed by atoms with E-state index in [-0.39, 0.29) is 5.91 Å². The van der Waals surface area contributed by atoms with E-state index in [0.717, 1.165) is 24.5 Å². The highest BCUT2D eigenvalue weighted by molar-refractivity contribution is 5.95. The van der Waals surface area contributed by atoms with E-state index in [2.05, 4.69) is 22.2 Å². The van der Waals surface area contributed by atoms with Crippen molar-refractivity contribution >= 4 is 17.3 Å². The van der Waals surface area contributed by atoms with Crippen LogP contribution in [-0.4, -0.2) is 51.1 Å². The van der Waals surface area contributed by atoms with Crippen LogP contribution in [0.4, 0.5) is 11.4 Å². The molecule has 21 heavy (non-hydrogen) atoms. The summed E-state index contributed by atoms with van der Waals surface area (Å²) >= 11 is 0. The Balaban J connectivity index is 2.10. The number of anilines is 2. The normalized spacial score (nSPS) is 15.0. The number of nitrogens with one attached hydrogen (secondary N) is 1. The first-order chi connectivity index (χ1) is 10.1. The number of carbonyl (C=O) groups is 1. The molecule has 0 spiro atoms. The Bertz CT molecular complexity index is 484. The summed E-state index contributed by atoms with van der Waals surface area (Å²) in [4.78, 5) is 16.1. The average Bonchev–Trinajstić information content (AvgIpc) is 2.97. The molecule has 1 saturated heterocycles. The Morgan fingerprint density at radius 2 is 2.10 bits per heavy atom. The molecule has 1 heterocycles. The molecule has 1 fully saturated rings. The van der Waals surface area contributed by atoms with Crippen molar-refractivity contribution in [3.63, 3.8) is 0 Å². The summed E-state index contributed by atoms with van der Waals surface area (Å²) in [6, 6.07) is 5.83. The fraction of sp³-hybridized carbons (Fsp3) is 0.562. The van der Waals surface area contributed by atoms with E-state index in [4.69, 9.17) is 4.74 Å². The largest absolute Gasteiger partial charge is 0.494 e. The second-order valence-corrected chi connectivity index (χ2v) is 5.51. The van der Waals surface area contributed by atoms with Crippen molar-refractivity contribution in [2.24, 2.45) is 0 Å². The van der Waals surface area contributed by atoms with Gasteiger partial charge in [0.25, 0.3) is 0 Å². The number of para-hydroxylation sites is 1. The minimum absolute atomic E-state index is 0.0892. The number of ether oxygens (including phenoxy) is 1. The Kier molecular flexibility index (Phi) is 5.44. The minimum atomic E-state index is -0.0892. The highest BCUT2D eigenvalue weighted by Crippen LogP contribution is 2.34. The highest BCUT2D eigenvalue weighted by Gasteiger charge is 2.16. The predicted molar refractivity (Wildman–Crippen MR) is 86.2 cm³/mol. The zero-order valence-electron chi connectivity index (χ0n) is 13.2. The second kappa shape index (κ2) is 7.31. The van der Waals surface area contributed by atoms with Crippen LogP contribution in [0.2, 0.25) is 0 Å². The Hall–Kier alpha value is -1.75. The van der Waals surface area contributed by atoms with Gasteiger partial charge in [-0.1, -0.05) is 6.07 Å². The van der Waals surface area contributed by atoms with Gasteiger partial charge in [0.15, 0.2) is 0 Å². The Morgan fingerprint density at radius 1 is 1.38 bits per heavy atom. The highest BCUT2D eigenvalue weighted by atomic mass is 16.5. The monoisotopic (exact) mass is 291 g/mol.